The van der Waals surface area contributed by atoms with Gasteiger partial charge in [0.05, 0.1) is 0 Å². The summed E-state index contributed by atoms with van der Waals surface area (Å²) in [6.45, 7) is 3.41. The predicted octanol–water partition coefficient (Wildman–Crippen LogP) is 1.43. The minimum Gasteiger partial charge on any atom is -0.374 e. The number of fused-ring (bicyclic) bond motifs is 1. The number of hydrogen-bond acceptors (Lipinski definition) is 3. The van der Waals surface area contributed by atoms with Crippen molar-refractivity contribution in [3.63, 3.8) is 0 Å². The van der Waals surface area contributed by atoms with Crippen LogP contribution in [0.3, 0.4) is 0 Å². The van der Waals surface area contributed by atoms with Crippen LogP contribution in [0.4, 0.5) is 10.5 Å². The first kappa shape index (κ1) is 15.6. The van der Waals surface area contributed by atoms with Gasteiger partial charge < -0.3 is 20.4 Å². The molecule has 0 saturated heterocycles. The van der Waals surface area contributed by atoms with Gasteiger partial charge in [0.1, 0.15) is 0 Å². The third kappa shape index (κ3) is 4.36. The van der Waals surface area contributed by atoms with Crippen LogP contribution in [0.25, 0.3) is 0 Å². The van der Waals surface area contributed by atoms with E-state index in [4.69, 9.17) is 0 Å². The largest absolute Gasteiger partial charge is 0.374 e. The van der Waals surface area contributed by atoms with Gasteiger partial charge in [0.25, 0.3) is 0 Å². The first-order chi connectivity index (χ1) is 10.1. The molecule has 2 N–H and O–H groups in total. The lowest BCUT2D eigenvalue weighted by molar-refractivity contribution is 0.217. The average Bonchev–Trinajstić information content (AvgIpc) is 2.46. The predicted molar refractivity (Wildman–Crippen MR) is 86.8 cm³/mol. The minimum absolute atomic E-state index is 0.0476. The Bertz CT molecular complexity index is 487. The maximum absolute atomic E-state index is 11.3. The summed E-state index contributed by atoms with van der Waals surface area (Å²) in [4.78, 5) is 15.2. The summed E-state index contributed by atoms with van der Waals surface area (Å²) < 4.78 is 0. The zero-order valence-electron chi connectivity index (χ0n) is 13.3. The lowest BCUT2D eigenvalue weighted by atomic mass is 9.99. The van der Waals surface area contributed by atoms with Crippen molar-refractivity contribution in [2.75, 3.05) is 45.7 Å². The van der Waals surface area contributed by atoms with Crippen LogP contribution in [0, 0.1) is 0 Å². The molecule has 1 aromatic rings. The van der Waals surface area contributed by atoms with E-state index in [1.165, 1.54) is 29.7 Å². The van der Waals surface area contributed by atoms with Crippen molar-refractivity contribution in [1.82, 2.24) is 15.5 Å². The summed E-state index contributed by atoms with van der Waals surface area (Å²) >= 11 is 0. The van der Waals surface area contributed by atoms with E-state index in [9.17, 15) is 4.79 Å². The summed E-state index contributed by atoms with van der Waals surface area (Å²) in [5, 5.41) is 6.21. The summed E-state index contributed by atoms with van der Waals surface area (Å²) in [7, 11) is 5.64. The summed E-state index contributed by atoms with van der Waals surface area (Å²) in [5.41, 5.74) is 4.12. The molecule has 5 heteroatoms. The van der Waals surface area contributed by atoms with Crippen LogP contribution in [0.15, 0.2) is 18.2 Å². The highest BCUT2D eigenvalue weighted by atomic mass is 16.2. The number of rotatable bonds is 5. The van der Waals surface area contributed by atoms with Crippen molar-refractivity contribution in [3.8, 4) is 0 Å². The van der Waals surface area contributed by atoms with Gasteiger partial charge in [0.2, 0.25) is 0 Å². The number of carbonyl (C=O) groups excluding carboxylic acids is 1. The molecule has 1 aromatic carbocycles. The number of urea groups is 1. The Labute approximate surface area is 127 Å². The molecular formula is C16H26N4O. The van der Waals surface area contributed by atoms with Crippen LogP contribution in [-0.2, 0) is 13.0 Å². The van der Waals surface area contributed by atoms with Gasteiger partial charge in [-0.15, -0.1) is 0 Å². The third-order valence-electron chi connectivity index (χ3n) is 3.81. The Morgan fingerprint density at radius 3 is 2.90 bits per heavy atom. The molecule has 5 nitrogen and oxygen atoms in total. The Morgan fingerprint density at radius 1 is 1.33 bits per heavy atom. The van der Waals surface area contributed by atoms with Crippen molar-refractivity contribution in [3.05, 3.63) is 29.3 Å². The molecule has 21 heavy (non-hydrogen) atoms. The molecule has 2 amide bonds. The number of hydrogen-bond donors (Lipinski definition) is 2. The van der Waals surface area contributed by atoms with E-state index in [0.29, 0.717) is 6.54 Å². The number of nitrogens with zero attached hydrogens (tertiary/aromatic N) is 2. The van der Waals surface area contributed by atoms with Crippen LogP contribution in [-0.4, -0.2) is 51.7 Å². The van der Waals surface area contributed by atoms with Crippen LogP contribution in [0.1, 0.15) is 17.5 Å². The molecule has 1 heterocycles. The van der Waals surface area contributed by atoms with Gasteiger partial charge in [-0.2, -0.15) is 0 Å². The number of aryl methyl sites for hydroxylation is 1. The SMILES string of the molecule is CN(C)C(=O)NCCNCc1ccc2c(c1)CCCN2C. The molecule has 0 atom stereocenters. The number of benzene rings is 1. The zero-order chi connectivity index (χ0) is 15.2. The Morgan fingerprint density at radius 2 is 2.14 bits per heavy atom. The molecule has 0 saturated carbocycles. The van der Waals surface area contributed by atoms with Crippen molar-refractivity contribution in [1.29, 1.82) is 0 Å². The quantitative estimate of drug-likeness (QED) is 0.807. The van der Waals surface area contributed by atoms with Gasteiger partial charge >= 0.3 is 6.03 Å². The number of anilines is 1. The van der Waals surface area contributed by atoms with Gasteiger partial charge in [0, 0.05) is 53.0 Å². The van der Waals surface area contributed by atoms with Crippen molar-refractivity contribution in [2.24, 2.45) is 0 Å². The highest BCUT2D eigenvalue weighted by molar-refractivity contribution is 5.73. The van der Waals surface area contributed by atoms with Gasteiger partial charge in [-0.25, -0.2) is 4.79 Å². The summed E-state index contributed by atoms with van der Waals surface area (Å²) in [6.07, 6.45) is 2.41. The maximum Gasteiger partial charge on any atom is 0.316 e. The third-order valence-corrected chi connectivity index (χ3v) is 3.81. The second-order valence-electron chi connectivity index (χ2n) is 5.79. The highest BCUT2D eigenvalue weighted by Crippen LogP contribution is 2.26. The normalized spacial score (nSPS) is 13.8. The Kier molecular flexibility index (Phi) is 5.44. The zero-order valence-corrected chi connectivity index (χ0v) is 13.3. The minimum atomic E-state index is -0.0476. The number of carbonyl (C=O) groups is 1. The monoisotopic (exact) mass is 290 g/mol. The highest BCUT2D eigenvalue weighted by Gasteiger charge is 2.13. The standard InChI is InChI=1S/C16H26N4O/c1-19(2)16(21)18-9-8-17-12-13-6-7-15-14(11-13)5-4-10-20(15)3/h6-7,11,17H,4-5,8-10,12H2,1-3H3,(H,18,21). The van der Waals surface area contributed by atoms with Gasteiger partial charge in [-0.05, 0) is 30.0 Å². The van der Waals surface area contributed by atoms with E-state index in [1.54, 1.807) is 19.0 Å². The van der Waals surface area contributed by atoms with Crippen LogP contribution in [0.5, 0.6) is 0 Å². The molecule has 116 valence electrons. The van der Waals surface area contributed by atoms with Crippen molar-refractivity contribution in [2.45, 2.75) is 19.4 Å². The Hall–Kier alpha value is -1.75. The molecule has 0 radical (unpaired) electrons. The lowest BCUT2D eigenvalue weighted by Crippen LogP contribution is -2.38. The summed E-state index contributed by atoms with van der Waals surface area (Å²) in [5.74, 6) is 0. The second kappa shape index (κ2) is 7.31. The van der Waals surface area contributed by atoms with Gasteiger partial charge in [-0.1, -0.05) is 12.1 Å². The first-order valence-corrected chi connectivity index (χ1v) is 7.57. The van der Waals surface area contributed by atoms with Crippen LogP contribution in [0.2, 0.25) is 0 Å². The van der Waals surface area contributed by atoms with Gasteiger partial charge in [-0.3, -0.25) is 0 Å². The molecule has 0 spiro atoms. The van der Waals surface area contributed by atoms with Crippen molar-refractivity contribution < 1.29 is 4.79 Å². The molecule has 0 aliphatic carbocycles. The molecular weight excluding hydrogens is 264 g/mol. The molecule has 0 fully saturated rings. The molecule has 0 aromatic heterocycles. The summed E-state index contributed by atoms with van der Waals surface area (Å²) in [6, 6.07) is 6.66. The lowest BCUT2D eigenvalue weighted by Gasteiger charge is -2.27. The van der Waals surface area contributed by atoms with E-state index < -0.39 is 0 Å². The molecule has 1 aliphatic heterocycles. The molecule has 2 rings (SSSR count). The fourth-order valence-corrected chi connectivity index (χ4v) is 2.60. The fraction of sp³-hybridized carbons (Fsp3) is 0.562. The fourth-order valence-electron chi connectivity index (χ4n) is 2.60. The maximum atomic E-state index is 11.3. The van der Waals surface area contributed by atoms with Crippen LogP contribution < -0.4 is 15.5 Å². The molecule has 1 aliphatic rings. The van der Waals surface area contributed by atoms with Crippen LogP contribution >= 0.6 is 0 Å². The van der Waals surface area contributed by atoms with Crippen molar-refractivity contribution >= 4 is 11.7 Å². The number of amides is 2. The first-order valence-electron chi connectivity index (χ1n) is 7.57. The molecule has 0 unspecified atom stereocenters. The smallest absolute Gasteiger partial charge is 0.316 e. The van der Waals surface area contributed by atoms with E-state index >= 15 is 0 Å². The van der Waals surface area contributed by atoms with E-state index in [1.807, 2.05) is 0 Å². The average molecular weight is 290 g/mol. The topological polar surface area (TPSA) is 47.6 Å². The van der Waals surface area contributed by atoms with Gasteiger partial charge in [0.15, 0.2) is 0 Å². The second-order valence-corrected chi connectivity index (χ2v) is 5.79. The van der Waals surface area contributed by atoms with E-state index in [0.717, 1.165) is 19.6 Å². The molecule has 0 bridgehead atoms. The van der Waals surface area contributed by atoms with E-state index in [-0.39, 0.29) is 6.03 Å². The van der Waals surface area contributed by atoms with E-state index in [2.05, 4.69) is 40.8 Å². The number of nitrogens with one attached hydrogen (secondary N) is 2. The Balaban J connectivity index is 1.75.